The average Bonchev–Trinajstić information content (AvgIpc) is 2.87. The van der Waals surface area contributed by atoms with E-state index in [4.69, 9.17) is 14.2 Å². The number of nitrogens with zero attached hydrogens (tertiary/aromatic N) is 2. The van der Waals surface area contributed by atoms with E-state index >= 15 is 0 Å². The summed E-state index contributed by atoms with van der Waals surface area (Å²) in [4.78, 5) is 23.1. The first-order valence-electron chi connectivity index (χ1n) is 11.0. The van der Waals surface area contributed by atoms with Crippen LogP contribution in [-0.4, -0.2) is 24.5 Å². The number of carbonyl (C=O) groups is 1. The second-order valence-corrected chi connectivity index (χ2v) is 7.68. The number of methoxy groups -OCH3 is 1. The van der Waals surface area contributed by atoms with Crippen LogP contribution in [0.5, 0.6) is 17.2 Å². The molecule has 0 saturated heterocycles. The molecule has 0 aliphatic rings. The number of nitrogens with one attached hydrogen (secondary N) is 1. The Labute approximate surface area is 208 Å². The van der Waals surface area contributed by atoms with Crippen LogP contribution in [0.2, 0.25) is 0 Å². The Morgan fingerprint density at radius 2 is 1.78 bits per heavy atom. The lowest BCUT2D eigenvalue weighted by atomic mass is 10.1. The minimum atomic E-state index is -0.571. The van der Waals surface area contributed by atoms with Crippen molar-refractivity contribution >= 4 is 23.4 Å². The van der Waals surface area contributed by atoms with Gasteiger partial charge in [-0.2, -0.15) is 5.26 Å². The number of carbonyl (C=O) groups excluding carboxylic acids is 1. The Hall–Kier alpha value is -4.84. The van der Waals surface area contributed by atoms with E-state index in [-0.39, 0.29) is 17.9 Å². The molecule has 3 aromatic rings. The fraction of sp³-hybridized carbons (Fsp3) is 0.185. The Kier molecular flexibility index (Phi) is 8.62. The van der Waals surface area contributed by atoms with Gasteiger partial charge in [0.25, 0.3) is 11.6 Å². The van der Waals surface area contributed by atoms with Crippen molar-refractivity contribution in [2.24, 2.45) is 0 Å². The van der Waals surface area contributed by atoms with Gasteiger partial charge in [0.15, 0.2) is 11.5 Å². The maximum absolute atomic E-state index is 12.8. The van der Waals surface area contributed by atoms with Gasteiger partial charge in [-0.15, -0.1) is 0 Å². The van der Waals surface area contributed by atoms with Crippen LogP contribution in [0.25, 0.3) is 6.08 Å². The molecule has 0 atom stereocenters. The molecule has 0 aromatic heterocycles. The molecule has 0 bridgehead atoms. The van der Waals surface area contributed by atoms with Gasteiger partial charge in [0.2, 0.25) is 0 Å². The first kappa shape index (κ1) is 25.8. The number of non-ortho nitro benzene ring substituents is 1. The molecule has 9 nitrogen and oxygen atoms in total. The fourth-order valence-corrected chi connectivity index (χ4v) is 3.30. The molecule has 184 valence electrons. The van der Waals surface area contributed by atoms with Crippen LogP contribution in [0, 0.1) is 28.4 Å². The maximum Gasteiger partial charge on any atom is 0.269 e. The van der Waals surface area contributed by atoms with E-state index in [0.717, 1.165) is 11.1 Å². The highest BCUT2D eigenvalue weighted by Crippen LogP contribution is 2.31. The highest BCUT2D eigenvalue weighted by molar-refractivity contribution is 6.10. The lowest BCUT2D eigenvalue weighted by molar-refractivity contribution is -0.384. The van der Waals surface area contributed by atoms with Crippen LogP contribution in [0.4, 0.5) is 11.4 Å². The van der Waals surface area contributed by atoms with Crippen molar-refractivity contribution in [1.82, 2.24) is 0 Å². The summed E-state index contributed by atoms with van der Waals surface area (Å²) in [6.45, 7) is 4.26. The second-order valence-electron chi connectivity index (χ2n) is 7.68. The Bertz CT molecular complexity index is 1330. The SMILES string of the molecule is CCOc1cc(/C=C(\C#N)C(=O)Nc2cc(C)ccc2OC)ccc1OCc1ccc([N+](=O)[O-])cc1. The van der Waals surface area contributed by atoms with Gasteiger partial charge in [-0.05, 0) is 73.0 Å². The number of aryl methyl sites for hydroxylation is 1. The van der Waals surface area contributed by atoms with E-state index in [1.54, 1.807) is 42.5 Å². The third-order valence-electron chi connectivity index (χ3n) is 5.09. The summed E-state index contributed by atoms with van der Waals surface area (Å²) in [6, 6.07) is 18.4. The molecule has 3 rings (SSSR count). The molecule has 9 heteroatoms. The standard InChI is InChI=1S/C27H25N3O6/c1-4-35-26-15-20(8-12-25(26)36-17-19-6-9-22(10-7-19)30(32)33)14-21(16-28)27(31)29-23-13-18(2)5-11-24(23)34-3/h5-15H,4,17H2,1-3H3,(H,29,31)/b21-14+. The van der Waals surface area contributed by atoms with Gasteiger partial charge in [-0.3, -0.25) is 14.9 Å². The molecule has 1 amide bonds. The van der Waals surface area contributed by atoms with E-state index in [1.165, 1.54) is 25.3 Å². The second kappa shape index (κ2) is 12.0. The van der Waals surface area contributed by atoms with Gasteiger partial charge >= 0.3 is 0 Å². The first-order valence-corrected chi connectivity index (χ1v) is 11.0. The molecule has 0 aliphatic heterocycles. The zero-order valence-electron chi connectivity index (χ0n) is 20.1. The van der Waals surface area contributed by atoms with Crippen molar-refractivity contribution in [3.8, 4) is 23.3 Å². The molecule has 0 spiro atoms. The van der Waals surface area contributed by atoms with Crippen molar-refractivity contribution in [3.63, 3.8) is 0 Å². The lowest BCUT2D eigenvalue weighted by Crippen LogP contribution is -2.14. The van der Waals surface area contributed by atoms with Crippen molar-refractivity contribution in [3.05, 3.63) is 93.0 Å². The summed E-state index contributed by atoms with van der Waals surface area (Å²) in [5.74, 6) is 0.809. The number of benzene rings is 3. The molecule has 0 fully saturated rings. The van der Waals surface area contributed by atoms with Crippen molar-refractivity contribution in [1.29, 1.82) is 5.26 Å². The molecular formula is C27H25N3O6. The lowest BCUT2D eigenvalue weighted by Gasteiger charge is -2.13. The van der Waals surface area contributed by atoms with Crippen LogP contribution < -0.4 is 19.5 Å². The summed E-state index contributed by atoms with van der Waals surface area (Å²) >= 11 is 0. The summed E-state index contributed by atoms with van der Waals surface area (Å²) in [5.41, 5.74) is 2.63. The molecule has 36 heavy (non-hydrogen) atoms. The molecule has 0 aliphatic carbocycles. The highest BCUT2D eigenvalue weighted by Gasteiger charge is 2.14. The van der Waals surface area contributed by atoms with Gasteiger partial charge in [0.1, 0.15) is 24.0 Å². The molecular weight excluding hydrogens is 462 g/mol. The van der Waals surface area contributed by atoms with Crippen LogP contribution in [-0.2, 0) is 11.4 Å². The molecule has 0 radical (unpaired) electrons. The minimum Gasteiger partial charge on any atom is -0.495 e. The largest absolute Gasteiger partial charge is 0.495 e. The van der Waals surface area contributed by atoms with E-state index in [9.17, 15) is 20.2 Å². The number of anilines is 1. The van der Waals surface area contributed by atoms with Gasteiger partial charge in [0.05, 0.1) is 24.3 Å². The molecule has 0 unspecified atom stereocenters. The predicted octanol–water partition coefficient (Wildman–Crippen LogP) is 5.44. The minimum absolute atomic E-state index is 0.00284. The average molecular weight is 488 g/mol. The number of ether oxygens (including phenoxy) is 3. The predicted molar refractivity (Wildman–Crippen MR) is 135 cm³/mol. The zero-order valence-corrected chi connectivity index (χ0v) is 20.1. The van der Waals surface area contributed by atoms with E-state index in [1.807, 2.05) is 26.0 Å². The van der Waals surface area contributed by atoms with Gasteiger partial charge < -0.3 is 19.5 Å². The zero-order chi connectivity index (χ0) is 26.1. The number of nitriles is 1. The third-order valence-corrected chi connectivity index (χ3v) is 5.09. The number of amides is 1. The summed E-state index contributed by atoms with van der Waals surface area (Å²) in [5, 5.41) is 23.1. The molecule has 0 saturated carbocycles. The van der Waals surface area contributed by atoms with Gasteiger partial charge in [-0.1, -0.05) is 12.1 Å². The van der Waals surface area contributed by atoms with Crippen molar-refractivity contribution < 1.29 is 23.9 Å². The summed E-state index contributed by atoms with van der Waals surface area (Å²) in [7, 11) is 1.50. The van der Waals surface area contributed by atoms with E-state index in [0.29, 0.717) is 35.1 Å². The molecule has 1 N–H and O–H groups in total. The summed E-state index contributed by atoms with van der Waals surface area (Å²) < 4.78 is 16.8. The molecule has 3 aromatic carbocycles. The number of hydrogen-bond acceptors (Lipinski definition) is 7. The quantitative estimate of drug-likeness (QED) is 0.175. The van der Waals surface area contributed by atoms with Gasteiger partial charge in [0, 0.05) is 12.1 Å². The number of hydrogen-bond donors (Lipinski definition) is 1. The van der Waals surface area contributed by atoms with Crippen LogP contribution >= 0.6 is 0 Å². The fourth-order valence-electron chi connectivity index (χ4n) is 3.30. The number of rotatable bonds is 10. The normalized spacial score (nSPS) is 10.8. The molecule has 0 heterocycles. The van der Waals surface area contributed by atoms with E-state index in [2.05, 4.69) is 5.32 Å². The topological polar surface area (TPSA) is 124 Å². The van der Waals surface area contributed by atoms with Crippen molar-refractivity contribution in [2.75, 3.05) is 19.0 Å². The maximum atomic E-state index is 12.8. The number of nitro groups is 1. The first-order chi connectivity index (χ1) is 17.3. The Morgan fingerprint density at radius 3 is 2.42 bits per heavy atom. The Morgan fingerprint density at radius 1 is 1.06 bits per heavy atom. The van der Waals surface area contributed by atoms with Gasteiger partial charge in [-0.25, -0.2) is 0 Å². The van der Waals surface area contributed by atoms with Crippen LogP contribution in [0.1, 0.15) is 23.6 Å². The summed E-state index contributed by atoms with van der Waals surface area (Å²) in [6.07, 6.45) is 1.46. The number of nitro benzene ring substituents is 1. The van der Waals surface area contributed by atoms with Crippen LogP contribution in [0.3, 0.4) is 0 Å². The smallest absolute Gasteiger partial charge is 0.269 e. The third kappa shape index (κ3) is 6.61. The highest BCUT2D eigenvalue weighted by atomic mass is 16.6. The van der Waals surface area contributed by atoms with E-state index < -0.39 is 10.8 Å². The van der Waals surface area contributed by atoms with Crippen molar-refractivity contribution in [2.45, 2.75) is 20.5 Å². The Balaban J connectivity index is 1.78. The van der Waals surface area contributed by atoms with Crippen LogP contribution in [0.15, 0.2) is 66.2 Å². The monoisotopic (exact) mass is 487 g/mol.